The van der Waals surface area contributed by atoms with Gasteiger partial charge in [-0.3, -0.25) is 13.8 Å². The van der Waals surface area contributed by atoms with E-state index in [2.05, 4.69) is 67.8 Å². The first kappa shape index (κ1) is 51.2. The van der Waals surface area contributed by atoms with E-state index in [1.54, 1.807) is 12.2 Å². The fourth-order valence-electron chi connectivity index (χ4n) is 5.71. The van der Waals surface area contributed by atoms with Crippen molar-refractivity contribution in [2.45, 2.75) is 186 Å². The number of allylic oxidation sites excluding steroid dienone is 9. The Morgan fingerprint density at radius 3 is 1.75 bits per heavy atom. The monoisotopic (exact) mass is 767 g/mol. The zero-order valence-electron chi connectivity index (χ0n) is 33.6. The molecule has 0 aromatic carbocycles. The molecule has 0 bridgehead atoms. The van der Waals surface area contributed by atoms with E-state index >= 15 is 0 Å². The Bertz CT molecular complexity index is 1030. The molecule has 4 atom stereocenters. The molecule has 4 unspecified atom stereocenters. The van der Waals surface area contributed by atoms with Crippen molar-refractivity contribution in [3.05, 3.63) is 60.8 Å². The summed E-state index contributed by atoms with van der Waals surface area (Å²) >= 11 is 0. The van der Waals surface area contributed by atoms with Gasteiger partial charge in [0, 0.05) is 6.54 Å². The SMILES string of the molecule is CC/C=C/CC/C=C/CC/C=C/C(O)C(COP(=O)(O)OCCN)NC(=O)CC(O)CCCCCCC/C=C\C/C=C\CCCCCCCCCCC. The van der Waals surface area contributed by atoms with Gasteiger partial charge in [-0.15, -0.1) is 0 Å². The minimum atomic E-state index is -4.41. The topological polar surface area (TPSA) is 151 Å². The molecule has 0 saturated heterocycles. The fourth-order valence-corrected chi connectivity index (χ4v) is 6.47. The van der Waals surface area contributed by atoms with Crippen LogP contribution in [0.3, 0.4) is 0 Å². The van der Waals surface area contributed by atoms with Crippen LogP contribution in [0, 0.1) is 0 Å². The van der Waals surface area contributed by atoms with Crippen LogP contribution in [0.2, 0.25) is 0 Å². The van der Waals surface area contributed by atoms with Crippen LogP contribution >= 0.6 is 7.82 Å². The molecule has 0 aliphatic rings. The molecule has 0 aliphatic heterocycles. The number of amides is 1. The lowest BCUT2D eigenvalue weighted by Crippen LogP contribution is -2.46. The Hall–Kier alpha value is -1.84. The smallest absolute Gasteiger partial charge is 0.393 e. The van der Waals surface area contributed by atoms with Crippen LogP contribution in [-0.2, 0) is 18.4 Å². The number of unbranched alkanes of at least 4 members (excludes halogenated alkanes) is 16. The maximum atomic E-state index is 12.8. The number of aliphatic hydroxyl groups excluding tert-OH is 2. The number of hydrogen-bond acceptors (Lipinski definition) is 7. The summed E-state index contributed by atoms with van der Waals surface area (Å²) in [5, 5.41) is 23.9. The quantitative estimate of drug-likeness (QED) is 0.0237. The van der Waals surface area contributed by atoms with E-state index < -0.39 is 38.6 Å². The molecular weight excluding hydrogens is 687 g/mol. The molecule has 308 valence electrons. The van der Waals surface area contributed by atoms with Crippen molar-refractivity contribution in [2.24, 2.45) is 5.73 Å². The van der Waals surface area contributed by atoms with Crippen LogP contribution in [0.15, 0.2) is 60.8 Å². The van der Waals surface area contributed by atoms with Crippen LogP contribution < -0.4 is 11.1 Å². The van der Waals surface area contributed by atoms with Crippen molar-refractivity contribution in [3.63, 3.8) is 0 Å². The standard InChI is InChI=1S/C43H79N2O7P/c1-3-5-7-9-11-13-15-16-17-18-19-20-21-22-23-24-25-26-28-30-32-34-40(46)38-43(48)45-41(39-52-53(49,50)51-37-36-44)42(47)35-33-31-29-27-14-12-10-8-6-4-2/h6,8,14,19-20,22-23,27,33,35,40-42,46-47H,3-5,7,9-13,15-18,21,24-26,28-32,34,36-39,44H2,1-2H3,(H,45,48)(H,49,50)/b8-6+,20-19-,23-22-,27-14+,35-33+. The summed E-state index contributed by atoms with van der Waals surface area (Å²) in [6.07, 6.45) is 44.7. The Balaban J connectivity index is 4.29. The minimum Gasteiger partial charge on any atom is -0.393 e. The summed E-state index contributed by atoms with van der Waals surface area (Å²) in [6.45, 7) is 3.79. The number of nitrogens with one attached hydrogen (secondary N) is 1. The number of carbonyl (C=O) groups excluding carboxylic acids is 1. The molecular formula is C43H79N2O7P. The number of nitrogens with two attached hydrogens (primary N) is 1. The molecule has 0 saturated carbocycles. The average Bonchev–Trinajstić information content (AvgIpc) is 3.13. The molecule has 1 amide bonds. The zero-order chi connectivity index (χ0) is 39.1. The summed E-state index contributed by atoms with van der Waals surface area (Å²) < 4.78 is 22.0. The van der Waals surface area contributed by atoms with Crippen molar-refractivity contribution in [2.75, 3.05) is 19.8 Å². The molecule has 0 radical (unpaired) electrons. The molecule has 0 rings (SSSR count). The van der Waals surface area contributed by atoms with Gasteiger partial charge in [0.25, 0.3) is 0 Å². The van der Waals surface area contributed by atoms with Crippen molar-refractivity contribution in [3.8, 4) is 0 Å². The van der Waals surface area contributed by atoms with Gasteiger partial charge in [-0.1, -0.05) is 152 Å². The summed E-state index contributed by atoms with van der Waals surface area (Å²) in [5.74, 6) is -0.473. The van der Waals surface area contributed by atoms with E-state index in [-0.39, 0.29) is 19.6 Å². The van der Waals surface area contributed by atoms with E-state index in [1.165, 1.54) is 64.2 Å². The maximum Gasteiger partial charge on any atom is 0.472 e. The van der Waals surface area contributed by atoms with E-state index in [0.29, 0.717) is 12.8 Å². The van der Waals surface area contributed by atoms with Gasteiger partial charge in [0.2, 0.25) is 5.91 Å². The normalized spacial score (nSPS) is 15.4. The predicted molar refractivity (Wildman–Crippen MR) is 223 cm³/mol. The highest BCUT2D eigenvalue weighted by Gasteiger charge is 2.27. The van der Waals surface area contributed by atoms with Crippen LogP contribution in [0.25, 0.3) is 0 Å². The van der Waals surface area contributed by atoms with E-state index in [9.17, 15) is 24.5 Å². The van der Waals surface area contributed by atoms with Gasteiger partial charge in [-0.25, -0.2) is 4.57 Å². The van der Waals surface area contributed by atoms with Crippen LogP contribution in [0.1, 0.15) is 168 Å². The molecule has 6 N–H and O–H groups in total. The number of phosphoric acid groups is 1. The molecule has 53 heavy (non-hydrogen) atoms. The lowest BCUT2D eigenvalue weighted by Gasteiger charge is -2.24. The second-order valence-corrected chi connectivity index (χ2v) is 15.4. The van der Waals surface area contributed by atoms with Crippen molar-refractivity contribution in [1.29, 1.82) is 0 Å². The number of hydrogen-bond donors (Lipinski definition) is 5. The summed E-state index contributed by atoms with van der Waals surface area (Å²) in [6, 6.07) is -1.01. The van der Waals surface area contributed by atoms with Gasteiger partial charge >= 0.3 is 7.82 Å². The lowest BCUT2D eigenvalue weighted by atomic mass is 10.0. The van der Waals surface area contributed by atoms with Crippen molar-refractivity contribution >= 4 is 13.7 Å². The third-order valence-electron chi connectivity index (χ3n) is 8.86. The molecule has 9 nitrogen and oxygen atoms in total. The summed E-state index contributed by atoms with van der Waals surface area (Å²) in [5.41, 5.74) is 5.34. The molecule has 0 aromatic rings. The third kappa shape index (κ3) is 36.9. The highest BCUT2D eigenvalue weighted by molar-refractivity contribution is 7.47. The average molecular weight is 767 g/mol. The molecule has 10 heteroatoms. The molecule has 0 aliphatic carbocycles. The van der Waals surface area contributed by atoms with E-state index in [0.717, 1.165) is 70.6 Å². The van der Waals surface area contributed by atoms with Gasteiger partial charge in [0.05, 0.1) is 37.9 Å². The number of aliphatic hydroxyl groups is 2. The predicted octanol–water partition coefficient (Wildman–Crippen LogP) is 10.5. The van der Waals surface area contributed by atoms with Gasteiger partial charge in [-0.2, -0.15) is 0 Å². The van der Waals surface area contributed by atoms with Gasteiger partial charge in [0.1, 0.15) is 0 Å². The Morgan fingerprint density at radius 1 is 0.679 bits per heavy atom. The zero-order valence-corrected chi connectivity index (χ0v) is 34.5. The minimum absolute atomic E-state index is 0.0378. The van der Waals surface area contributed by atoms with Gasteiger partial charge < -0.3 is 26.2 Å². The van der Waals surface area contributed by atoms with Crippen molar-refractivity contribution < 1.29 is 33.5 Å². The van der Waals surface area contributed by atoms with E-state index in [4.69, 9.17) is 14.8 Å². The van der Waals surface area contributed by atoms with Crippen LogP contribution in [0.5, 0.6) is 0 Å². The van der Waals surface area contributed by atoms with Gasteiger partial charge in [-0.05, 0) is 70.6 Å². The number of carbonyl (C=O) groups is 1. The van der Waals surface area contributed by atoms with Crippen molar-refractivity contribution in [1.82, 2.24) is 5.32 Å². The van der Waals surface area contributed by atoms with Crippen LogP contribution in [-0.4, -0.2) is 59.0 Å². The number of phosphoric ester groups is 1. The Labute approximate surface area is 324 Å². The van der Waals surface area contributed by atoms with Crippen LogP contribution in [0.4, 0.5) is 0 Å². The second kappa shape index (κ2) is 38.4. The highest BCUT2D eigenvalue weighted by Crippen LogP contribution is 2.43. The fraction of sp³-hybridized carbons (Fsp3) is 0.744. The largest absolute Gasteiger partial charge is 0.472 e. The Morgan fingerprint density at radius 2 is 1.19 bits per heavy atom. The maximum absolute atomic E-state index is 12.8. The first-order valence-electron chi connectivity index (χ1n) is 21.0. The molecule has 0 aromatic heterocycles. The second-order valence-electron chi connectivity index (χ2n) is 14.0. The molecule has 0 fully saturated rings. The van der Waals surface area contributed by atoms with Gasteiger partial charge in [0.15, 0.2) is 0 Å². The first-order valence-corrected chi connectivity index (χ1v) is 22.5. The third-order valence-corrected chi connectivity index (χ3v) is 9.84. The highest BCUT2D eigenvalue weighted by atomic mass is 31.2. The Kier molecular flexibility index (Phi) is 37.1. The summed E-state index contributed by atoms with van der Waals surface area (Å²) in [4.78, 5) is 22.7. The molecule has 0 heterocycles. The number of rotatable bonds is 38. The lowest BCUT2D eigenvalue weighted by molar-refractivity contribution is -0.124. The first-order chi connectivity index (χ1) is 25.8. The summed E-state index contributed by atoms with van der Waals surface area (Å²) in [7, 11) is -4.41. The molecule has 0 spiro atoms. The van der Waals surface area contributed by atoms with E-state index in [1.807, 2.05) is 0 Å².